The van der Waals surface area contributed by atoms with Crippen LogP contribution in [-0.4, -0.2) is 46.5 Å². The van der Waals surface area contributed by atoms with Crippen molar-refractivity contribution < 1.29 is 23.9 Å². The van der Waals surface area contributed by atoms with Gasteiger partial charge >= 0.3 is 6.09 Å². The van der Waals surface area contributed by atoms with Gasteiger partial charge in [-0.25, -0.2) is 4.79 Å². The summed E-state index contributed by atoms with van der Waals surface area (Å²) in [6.45, 7) is 10.8. The molecule has 0 unspecified atom stereocenters. The zero-order chi connectivity index (χ0) is 20.9. The molecule has 3 rings (SSSR count). The molecule has 1 amide bonds. The molecule has 0 radical (unpaired) electrons. The lowest BCUT2D eigenvalue weighted by Crippen LogP contribution is -2.51. The van der Waals surface area contributed by atoms with Crippen LogP contribution in [0.1, 0.15) is 51.9 Å². The number of hydrogen-bond donors (Lipinski definition) is 0. The minimum absolute atomic E-state index is 0.0341. The van der Waals surface area contributed by atoms with Crippen molar-refractivity contribution in [3.05, 3.63) is 35.9 Å². The van der Waals surface area contributed by atoms with Gasteiger partial charge in [0.05, 0.1) is 12.6 Å². The van der Waals surface area contributed by atoms with E-state index in [9.17, 15) is 14.4 Å². The van der Waals surface area contributed by atoms with Crippen LogP contribution >= 0.6 is 0 Å². The van der Waals surface area contributed by atoms with Gasteiger partial charge in [-0.3, -0.25) is 14.5 Å². The van der Waals surface area contributed by atoms with E-state index in [-0.39, 0.29) is 30.1 Å². The third-order valence-electron chi connectivity index (χ3n) is 5.46. The van der Waals surface area contributed by atoms with E-state index in [2.05, 4.69) is 0 Å². The Bertz CT molecular complexity index is 780. The Morgan fingerprint density at radius 3 is 2.25 bits per heavy atom. The third-order valence-corrected chi connectivity index (χ3v) is 5.46. The normalized spacial score (nSPS) is 28.7. The van der Waals surface area contributed by atoms with Crippen LogP contribution < -0.4 is 0 Å². The zero-order valence-electron chi connectivity index (χ0n) is 17.4. The van der Waals surface area contributed by atoms with Crippen molar-refractivity contribution in [1.82, 2.24) is 4.90 Å². The maximum atomic E-state index is 13.0. The highest BCUT2D eigenvalue weighted by Crippen LogP contribution is 2.54. The molecular weight excluding hydrogens is 358 g/mol. The van der Waals surface area contributed by atoms with Gasteiger partial charge < -0.3 is 9.47 Å². The van der Waals surface area contributed by atoms with E-state index in [1.54, 1.807) is 51.7 Å². The van der Waals surface area contributed by atoms with Gasteiger partial charge in [0.1, 0.15) is 17.1 Å². The molecule has 6 nitrogen and oxygen atoms in total. The zero-order valence-corrected chi connectivity index (χ0v) is 17.4. The van der Waals surface area contributed by atoms with E-state index in [0.29, 0.717) is 5.56 Å². The van der Waals surface area contributed by atoms with Gasteiger partial charge in [0.15, 0.2) is 5.78 Å². The van der Waals surface area contributed by atoms with Crippen LogP contribution in [0.25, 0.3) is 0 Å². The standard InChI is InChI=1S/C22H29NO5/c1-13(24)16-17(18(16)19(25)14-10-8-7-9-11-14)15-12-27-22(5,6)23(15)20(26)28-21(2,3)4/h7-11,15-18H,12H2,1-6H3/t15-,16+,17+,18-/m0/s1. The van der Waals surface area contributed by atoms with Gasteiger partial charge in [-0.15, -0.1) is 0 Å². The number of rotatable bonds is 4. The highest BCUT2D eigenvalue weighted by molar-refractivity contribution is 6.04. The summed E-state index contributed by atoms with van der Waals surface area (Å²) < 4.78 is 11.4. The van der Waals surface area contributed by atoms with E-state index in [0.717, 1.165) is 0 Å². The minimum atomic E-state index is -0.864. The monoisotopic (exact) mass is 387 g/mol. The van der Waals surface area contributed by atoms with Crippen molar-refractivity contribution >= 4 is 17.7 Å². The fourth-order valence-electron chi connectivity index (χ4n) is 4.25. The average Bonchev–Trinajstić information content (AvgIpc) is 3.24. The predicted octanol–water partition coefficient (Wildman–Crippen LogP) is 3.69. The average molecular weight is 387 g/mol. The van der Waals surface area contributed by atoms with Crippen molar-refractivity contribution in [3.8, 4) is 0 Å². The van der Waals surface area contributed by atoms with Crippen molar-refractivity contribution in [2.24, 2.45) is 17.8 Å². The van der Waals surface area contributed by atoms with Crippen LogP contribution in [0.4, 0.5) is 4.79 Å². The summed E-state index contributed by atoms with van der Waals surface area (Å²) in [7, 11) is 0. The highest BCUT2D eigenvalue weighted by Gasteiger charge is 2.65. The first-order chi connectivity index (χ1) is 12.9. The molecule has 0 bridgehead atoms. The smallest absolute Gasteiger partial charge is 0.412 e. The number of carbonyl (C=O) groups is 3. The van der Waals surface area contributed by atoms with Crippen LogP contribution in [0, 0.1) is 17.8 Å². The van der Waals surface area contributed by atoms with Crippen molar-refractivity contribution in [3.63, 3.8) is 0 Å². The van der Waals surface area contributed by atoms with E-state index in [1.165, 1.54) is 6.92 Å². The van der Waals surface area contributed by atoms with Crippen LogP contribution in [0.3, 0.4) is 0 Å². The lowest BCUT2D eigenvalue weighted by atomic mass is 10.0. The molecule has 152 valence electrons. The maximum absolute atomic E-state index is 13.0. The molecule has 1 saturated heterocycles. The van der Waals surface area contributed by atoms with Crippen LogP contribution in [-0.2, 0) is 14.3 Å². The second-order valence-electron chi connectivity index (χ2n) is 9.15. The van der Waals surface area contributed by atoms with Crippen molar-refractivity contribution in [1.29, 1.82) is 0 Å². The van der Waals surface area contributed by atoms with Gasteiger partial charge in [-0.1, -0.05) is 30.3 Å². The third kappa shape index (κ3) is 3.83. The SMILES string of the molecule is CC(=O)[C@H]1[C@H](C(=O)c2ccccc2)[C@@H]1[C@@H]1COC(C)(C)N1C(=O)OC(C)(C)C. The molecule has 2 fully saturated rings. The number of carbonyl (C=O) groups excluding carboxylic acids is 3. The molecule has 2 aliphatic rings. The number of ketones is 2. The Morgan fingerprint density at radius 1 is 1.11 bits per heavy atom. The summed E-state index contributed by atoms with van der Waals surface area (Å²) in [4.78, 5) is 39.7. The fraction of sp³-hybridized carbons (Fsp3) is 0.591. The van der Waals surface area contributed by atoms with Crippen LogP contribution in [0.5, 0.6) is 0 Å². The molecular formula is C22H29NO5. The summed E-state index contributed by atoms with van der Waals surface area (Å²) in [6.07, 6.45) is -0.486. The molecule has 28 heavy (non-hydrogen) atoms. The summed E-state index contributed by atoms with van der Waals surface area (Å²) in [5.74, 6) is -1.19. The van der Waals surface area contributed by atoms with Gasteiger partial charge in [0, 0.05) is 23.3 Å². The molecule has 4 atom stereocenters. The summed E-state index contributed by atoms with van der Waals surface area (Å²) in [5, 5.41) is 0. The van der Waals surface area contributed by atoms with E-state index in [1.807, 2.05) is 18.2 Å². The highest BCUT2D eigenvalue weighted by atomic mass is 16.6. The Kier molecular flexibility index (Phi) is 5.13. The summed E-state index contributed by atoms with van der Waals surface area (Å²) in [6, 6.07) is 8.60. The Labute approximate surface area is 166 Å². The molecule has 1 aromatic carbocycles. The minimum Gasteiger partial charge on any atom is -0.444 e. The first-order valence-electron chi connectivity index (χ1n) is 9.70. The number of Topliss-reactive ketones (excluding diaryl/α,β-unsaturated/α-hetero) is 2. The molecule has 1 aliphatic carbocycles. The molecule has 6 heteroatoms. The van der Waals surface area contributed by atoms with Gasteiger partial charge in [0.25, 0.3) is 0 Å². The van der Waals surface area contributed by atoms with Gasteiger partial charge in [-0.2, -0.15) is 0 Å². The van der Waals surface area contributed by atoms with Crippen LogP contribution in [0.2, 0.25) is 0 Å². The molecule has 1 aliphatic heterocycles. The fourth-order valence-corrected chi connectivity index (χ4v) is 4.25. The van der Waals surface area contributed by atoms with E-state index < -0.39 is 29.3 Å². The topological polar surface area (TPSA) is 72.9 Å². The van der Waals surface area contributed by atoms with E-state index >= 15 is 0 Å². The molecule has 1 heterocycles. The number of benzene rings is 1. The first-order valence-corrected chi connectivity index (χ1v) is 9.70. The first kappa shape index (κ1) is 20.5. The summed E-state index contributed by atoms with van der Waals surface area (Å²) in [5.41, 5.74) is -0.927. The largest absolute Gasteiger partial charge is 0.444 e. The molecule has 1 saturated carbocycles. The lowest BCUT2D eigenvalue weighted by Gasteiger charge is -2.35. The second-order valence-corrected chi connectivity index (χ2v) is 9.15. The predicted molar refractivity (Wildman–Crippen MR) is 104 cm³/mol. The Morgan fingerprint density at radius 2 is 1.71 bits per heavy atom. The second kappa shape index (κ2) is 6.99. The van der Waals surface area contributed by atoms with Crippen LogP contribution in [0.15, 0.2) is 30.3 Å². The summed E-state index contributed by atoms with van der Waals surface area (Å²) >= 11 is 0. The number of hydrogen-bond acceptors (Lipinski definition) is 5. The Hall–Kier alpha value is -2.21. The van der Waals surface area contributed by atoms with Crippen molar-refractivity contribution in [2.45, 2.75) is 58.9 Å². The lowest BCUT2D eigenvalue weighted by molar-refractivity contribution is -0.118. The van der Waals surface area contributed by atoms with E-state index in [4.69, 9.17) is 9.47 Å². The molecule has 0 spiro atoms. The molecule has 0 N–H and O–H groups in total. The van der Waals surface area contributed by atoms with Gasteiger partial charge in [-0.05, 0) is 41.5 Å². The number of nitrogens with zero attached hydrogens (tertiary/aromatic N) is 1. The quantitative estimate of drug-likeness (QED) is 0.737. The molecule has 0 aromatic heterocycles. The number of amides is 1. The molecule has 1 aromatic rings. The maximum Gasteiger partial charge on any atom is 0.412 e. The van der Waals surface area contributed by atoms with Gasteiger partial charge in [0.2, 0.25) is 0 Å². The number of ether oxygens (including phenoxy) is 2. The Balaban J connectivity index is 1.88. The van der Waals surface area contributed by atoms with Crippen molar-refractivity contribution in [2.75, 3.05) is 6.61 Å².